The molecular formula is C17H29NO3Si. The van der Waals surface area contributed by atoms with Crippen LogP contribution in [0, 0.1) is 0 Å². The summed E-state index contributed by atoms with van der Waals surface area (Å²) in [7, 11) is -2.14. The van der Waals surface area contributed by atoms with Gasteiger partial charge in [-0.2, -0.15) is 0 Å². The van der Waals surface area contributed by atoms with E-state index in [2.05, 4.69) is 33.9 Å². The number of hydrogen-bond acceptors (Lipinski definition) is 4. The van der Waals surface area contributed by atoms with Crippen molar-refractivity contribution >= 4 is 14.3 Å². The van der Waals surface area contributed by atoms with Crippen LogP contribution in [0.15, 0.2) is 30.3 Å². The highest BCUT2D eigenvalue weighted by atomic mass is 28.4. The van der Waals surface area contributed by atoms with E-state index >= 15 is 0 Å². The summed E-state index contributed by atoms with van der Waals surface area (Å²) in [5.41, 5.74) is 7.19. The molecule has 0 aliphatic carbocycles. The van der Waals surface area contributed by atoms with E-state index in [1.165, 1.54) is 0 Å². The first kappa shape index (κ1) is 18.9. The van der Waals surface area contributed by atoms with Crippen molar-refractivity contribution in [3.8, 4) is 0 Å². The van der Waals surface area contributed by atoms with Crippen molar-refractivity contribution in [1.82, 2.24) is 0 Å². The average molecular weight is 324 g/mol. The normalized spacial score (nSPS) is 15.2. The molecule has 0 radical (unpaired) electrons. The van der Waals surface area contributed by atoms with Gasteiger partial charge in [-0.05, 0) is 30.6 Å². The van der Waals surface area contributed by atoms with Crippen LogP contribution in [0.2, 0.25) is 18.1 Å². The van der Waals surface area contributed by atoms with Crippen LogP contribution in [0.1, 0.15) is 39.3 Å². The molecule has 0 saturated heterocycles. The van der Waals surface area contributed by atoms with Crippen molar-refractivity contribution in [3.63, 3.8) is 0 Å². The molecule has 22 heavy (non-hydrogen) atoms. The predicted octanol–water partition coefficient (Wildman–Crippen LogP) is 3.64. The SMILES string of the molecule is CCOC(=O)[C@H](O[Si](C)(C)C(C)(C)C)[C@H](N)c1ccccc1. The first-order chi connectivity index (χ1) is 10.1. The second-order valence-corrected chi connectivity index (χ2v) is 11.7. The van der Waals surface area contributed by atoms with E-state index in [-0.39, 0.29) is 11.0 Å². The first-order valence-corrected chi connectivity index (χ1v) is 10.7. The highest BCUT2D eigenvalue weighted by molar-refractivity contribution is 6.74. The number of benzene rings is 1. The quantitative estimate of drug-likeness (QED) is 0.641. The molecule has 5 heteroatoms. The van der Waals surface area contributed by atoms with E-state index < -0.39 is 20.5 Å². The number of nitrogens with two attached hydrogens (primary N) is 1. The Morgan fingerprint density at radius 2 is 1.77 bits per heavy atom. The molecule has 0 spiro atoms. The smallest absolute Gasteiger partial charge is 0.336 e. The third kappa shape index (κ3) is 4.66. The molecular weight excluding hydrogens is 294 g/mol. The molecule has 1 aromatic rings. The molecule has 0 aromatic heterocycles. The van der Waals surface area contributed by atoms with Gasteiger partial charge in [-0.15, -0.1) is 0 Å². The molecule has 0 aliphatic heterocycles. The summed E-state index contributed by atoms with van der Waals surface area (Å²) in [6, 6.07) is 9.02. The maximum absolute atomic E-state index is 12.4. The van der Waals surface area contributed by atoms with Crippen molar-refractivity contribution in [1.29, 1.82) is 0 Å². The van der Waals surface area contributed by atoms with Crippen LogP contribution >= 0.6 is 0 Å². The maximum Gasteiger partial charge on any atom is 0.336 e. The van der Waals surface area contributed by atoms with Crippen molar-refractivity contribution in [2.45, 2.75) is 58.0 Å². The fourth-order valence-corrected chi connectivity index (χ4v) is 3.07. The first-order valence-electron chi connectivity index (χ1n) is 7.75. The van der Waals surface area contributed by atoms with Crippen molar-refractivity contribution in [2.75, 3.05) is 6.61 Å². The third-order valence-electron chi connectivity index (χ3n) is 4.26. The minimum Gasteiger partial charge on any atom is -0.464 e. The lowest BCUT2D eigenvalue weighted by Gasteiger charge is -2.39. The van der Waals surface area contributed by atoms with Gasteiger partial charge in [-0.1, -0.05) is 51.1 Å². The van der Waals surface area contributed by atoms with Gasteiger partial charge < -0.3 is 14.9 Å². The second-order valence-electron chi connectivity index (χ2n) is 6.99. The standard InChI is InChI=1S/C17H29NO3Si/c1-7-20-16(19)15(21-22(5,6)17(2,3)4)14(18)13-11-9-8-10-12-13/h8-12,14-15H,7,18H2,1-6H3/t14-,15-/m1/s1. The Morgan fingerprint density at radius 3 is 2.23 bits per heavy atom. The molecule has 1 aromatic carbocycles. The number of esters is 1. The van der Waals surface area contributed by atoms with Gasteiger partial charge in [0.1, 0.15) is 0 Å². The fourth-order valence-electron chi connectivity index (χ4n) is 1.84. The molecule has 0 bridgehead atoms. The van der Waals surface area contributed by atoms with E-state index in [4.69, 9.17) is 14.9 Å². The zero-order chi connectivity index (χ0) is 17.0. The van der Waals surface area contributed by atoms with Crippen molar-refractivity contribution in [3.05, 3.63) is 35.9 Å². The van der Waals surface area contributed by atoms with Gasteiger partial charge in [-0.3, -0.25) is 0 Å². The zero-order valence-corrected chi connectivity index (χ0v) is 15.6. The zero-order valence-electron chi connectivity index (χ0n) is 14.6. The molecule has 124 valence electrons. The summed E-state index contributed by atoms with van der Waals surface area (Å²) in [5, 5.41) is -0.00580. The third-order valence-corrected chi connectivity index (χ3v) is 8.71. The molecule has 0 aliphatic rings. The minimum atomic E-state index is -2.14. The highest BCUT2D eigenvalue weighted by Crippen LogP contribution is 2.38. The van der Waals surface area contributed by atoms with Crippen LogP contribution in [0.3, 0.4) is 0 Å². The van der Waals surface area contributed by atoms with E-state index in [1.807, 2.05) is 30.3 Å². The molecule has 0 amide bonds. The van der Waals surface area contributed by atoms with Crippen LogP contribution in [0.25, 0.3) is 0 Å². The molecule has 4 nitrogen and oxygen atoms in total. The predicted molar refractivity (Wildman–Crippen MR) is 92.1 cm³/mol. The lowest BCUT2D eigenvalue weighted by Crippen LogP contribution is -2.49. The number of carbonyl (C=O) groups excluding carboxylic acids is 1. The molecule has 0 saturated carbocycles. The monoisotopic (exact) mass is 323 g/mol. The number of rotatable bonds is 6. The van der Waals surface area contributed by atoms with Gasteiger partial charge >= 0.3 is 5.97 Å². The van der Waals surface area contributed by atoms with Crippen LogP contribution in [0.5, 0.6) is 0 Å². The molecule has 0 unspecified atom stereocenters. The van der Waals surface area contributed by atoms with Gasteiger partial charge in [-0.25, -0.2) is 4.79 Å². The summed E-state index contributed by atoms with van der Waals surface area (Å²) in [4.78, 5) is 12.4. The van der Waals surface area contributed by atoms with E-state index in [0.717, 1.165) is 5.56 Å². The Labute approximate surface area is 135 Å². The lowest BCUT2D eigenvalue weighted by atomic mass is 10.0. The lowest BCUT2D eigenvalue weighted by molar-refractivity contribution is -0.153. The van der Waals surface area contributed by atoms with Crippen LogP contribution in [0.4, 0.5) is 0 Å². The molecule has 1 rings (SSSR count). The Kier molecular flexibility index (Phi) is 6.34. The Morgan fingerprint density at radius 1 is 1.23 bits per heavy atom. The van der Waals surface area contributed by atoms with E-state index in [9.17, 15) is 4.79 Å². The van der Waals surface area contributed by atoms with Crippen molar-refractivity contribution < 1.29 is 14.0 Å². The van der Waals surface area contributed by atoms with Crippen LogP contribution in [-0.2, 0) is 14.0 Å². The van der Waals surface area contributed by atoms with Gasteiger partial charge in [0, 0.05) is 0 Å². The Balaban J connectivity index is 3.06. The van der Waals surface area contributed by atoms with E-state index in [1.54, 1.807) is 6.92 Å². The summed E-state index contributed by atoms with van der Waals surface area (Å²) in [6.45, 7) is 12.7. The molecule has 0 fully saturated rings. The highest BCUT2D eigenvalue weighted by Gasteiger charge is 2.43. The van der Waals surface area contributed by atoms with Gasteiger partial charge in [0.25, 0.3) is 0 Å². The van der Waals surface area contributed by atoms with Gasteiger partial charge in [0.15, 0.2) is 14.4 Å². The molecule has 2 N–H and O–H groups in total. The molecule has 0 heterocycles. The Bertz CT molecular complexity index is 482. The Hall–Kier alpha value is -1.17. The summed E-state index contributed by atoms with van der Waals surface area (Å²) in [5.74, 6) is -0.385. The summed E-state index contributed by atoms with van der Waals surface area (Å²) >= 11 is 0. The molecule has 2 atom stereocenters. The van der Waals surface area contributed by atoms with E-state index in [0.29, 0.717) is 6.61 Å². The number of carbonyl (C=O) groups is 1. The largest absolute Gasteiger partial charge is 0.464 e. The average Bonchev–Trinajstić information content (AvgIpc) is 2.44. The minimum absolute atomic E-state index is 0.00580. The topological polar surface area (TPSA) is 61.5 Å². The maximum atomic E-state index is 12.4. The summed E-state index contributed by atoms with van der Waals surface area (Å²) in [6.07, 6.45) is -0.775. The van der Waals surface area contributed by atoms with Gasteiger partial charge in [0.2, 0.25) is 0 Å². The van der Waals surface area contributed by atoms with Gasteiger partial charge in [0.05, 0.1) is 12.6 Å². The summed E-state index contributed by atoms with van der Waals surface area (Å²) < 4.78 is 11.5. The number of hydrogen-bond donors (Lipinski definition) is 1. The fraction of sp³-hybridized carbons (Fsp3) is 0.588. The van der Waals surface area contributed by atoms with Crippen LogP contribution in [-0.4, -0.2) is 27.0 Å². The van der Waals surface area contributed by atoms with Crippen molar-refractivity contribution in [2.24, 2.45) is 5.73 Å². The number of ether oxygens (including phenoxy) is 1. The second kappa shape index (κ2) is 7.40. The van der Waals surface area contributed by atoms with Crippen LogP contribution < -0.4 is 5.73 Å².